The molecule has 2 atom stereocenters. The molecule has 0 spiro atoms. The highest BCUT2D eigenvalue weighted by atomic mass is 19.4. The van der Waals surface area contributed by atoms with Crippen molar-refractivity contribution in [2.45, 2.75) is 83.5 Å². The van der Waals surface area contributed by atoms with Crippen molar-refractivity contribution in [3.8, 4) is 0 Å². The lowest BCUT2D eigenvalue weighted by atomic mass is 9.87. The summed E-state index contributed by atoms with van der Waals surface area (Å²) in [5, 5.41) is 2.66. The molecular weight excluding hydrogens is 423 g/mol. The van der Waals surface area contributed by atoms with E-state index in [1.807, 2.05) is 0 Å². The number of hydrogen-bond donors (Lipinski definition) is 1. The van der Waals surface area contributed by atoms with Crippen molar-refractivity contribution in [3.05, 3.63) is 0 Å². The van der Waals surface area contributed by atoms with Crippen LogP contribution in [0.4, 0.5) is 22.0 Å². The number of carbonyl (C=O) groups is 2. The van der Waals surface area contributed by atoms with E-state index in [0.717, 1.165) is 0 Å². The number of carbonyl (C=O) groups excluding carboxylic acids is 2. The Bertz CT molecular complexity index is 609. The molecule has 2 unspecified atom stereocenters. The van der Waals surface area contributed by atoms with Gasteiger partial charge in [0, 0.05) is 38.5 Å². The molecular formula is C21H33F5N2O3. The lowest BCUT2D eigenvalue weighted by Gasteiger charge is -2.37. The number of nitrogens with one attached hydrogen (secondary N) is 1. The van der Waals surface area contributed by atoms with Crippen LogP contribution in [0.25, 0.3) is 0 Å². The Kier molecular flexibility index (Phi) is 8.69. The molecule has 2 amide bonds. The third-order valence-electron chi connectivity index (χ3n) is 6.26. The molecule has 0 bridgehead atoms. The van der Waals surface area contributed by atoms with Gasteiger partial charge in [-0.1, -0.05) is 13.8 Å². The summed E-state index contributed by atoms with van der Waals surface area (Å²) < 4.78 is 71.2. The third kappa shape index (κ3) is 7.57. The Morgan fingerprint density at radius 2 is 1.61 bits per heavy atom. The Balaban J connectivity index is 1.97. The Hall–Kier alpha value is -1.45. The van der Waals surface area contributed by atoms with Gasteiger partial charge in [0.2, 0.25) is 17.7 Å². The average Bonchev–Trinajstić information content (AvgIpc) is 2.69. The average molecular weight is 456 g/mol. The number of likely N-dealkylation sites (tertiary alicyclic amines) is 1. The molecule has 2 rings (SSSR count). The van der Waals surface area contributed by atoms with E-state index in [1.165, 1.54) is 4.90 Å². The van der Waals surface area contributed by atoms with Gasteiger partial charge in [-0.2, -0.15) is 13.2 Å². The van der Waals surface area contributed by atoms with Gasteiger partial charge in [-0.15, -0.1) is 0 Å². The third-order valence-corrected chi connectivity index (χ3v) is 6.26. The summed E-state index contributed by atoms with van der Waals surface area (Å²) in [7, 11) is 0. The fourth-order valence-electron chi connectivity index (χ4n) is 3.97. The van der Waals surface area contributed by atoms with E-state index < -0.39 is 36.1 Å². The summed E-state index contributed by atoms with van der Waals surface area (Å²) >= 11 is 0. The standard InChI is InChI=1S/C21H33F5N2O3/c1-13(2)18(29)27-17(14(3)31-12-15-4-8-20(22,23)9-5-15)19(30)28-10-6-16(7-11-28)21(24,25)26/h13-17H,4-12H2,1-3H3,(H,27,29). The van der Waals surface area contributed by atoms with Crippen molar-refractivity contribution < 1.29 is 36.3 Å². The number of alkyl halides is 5. The second-order valence-corrected chi connectivity index (χ2v) is 9.12. The zero-order valence-electron chi connectivity index (χ0n) is 18.3. The molecule has 0 aromatic rings. The van der Waals surface area contributed by atoms with Gasteiger partial charge >= 0.3 is 6.18 Å². The Morgan fingerprint density at radius 3 is 2.10 bits per heavy atom. The summed E-state index contributed by atoms with van der Waals surface area (Å²) in [6.07, 6.45) is -5.13. The molecule has 31 heavy (non-hydrogen) atoms. The molecule has 2 fully saturated rings. The minimum absolute atomic E-state index is 0.0402. The largest absolute Gasteiger partial charge is 0.391 e. The van der Waals surface area contributed by atoms with Crippen molar-refractivity contribution >= 4 is 11.8 Å². The summed E-state index contributed by atoms with van der Waals surface area (Å²) in [6.45, 7) is 5.06. The number of halogens is 5. The van der Waals surface area contributed by atoms with Crippen LogP contribution in [0.5, 0.6) is 0 Å². The van der Waals surface area contributed by atoms with Crippen molar-refractivity contribution in [3.63, 3.8) is 0 Å². The molecule has 180 valence electrons. The molecule has 1 aliphatic carbocycles. The molecule has 5 nitrogen and oxygen atoms in total. The molecule has 1 saturated heterocycles. The summed E-state index contributed by atoms with van der Waals surface area (Å²) in [4.78, 5) is 26.6. The first kappa shape index (κ1) is 25.8. The summed E-state index contributed by atoms with van der Waals surface area (Å²) in [6, 6.07) is -1.04. The van der Waals surface area contributed by atoms with Crippen LogP contribution in [0.1, 0.15) is 59.3 Å². The number of nitrogens with zero attached hydrogens (tertiary/aromatic N) is 1. The quantitative estimate of drug-likeness (QED) is 0.586. The first-order chi connectivity index (χ1) is 14.3. The first-order valence-electron chi connectivity index (χ1n) is 11.0. The lowest BCUT2D eigenvalue weighted by Crippen LogP contribution is -2.57. The van der Waals surface area contributed by atoms with Gasteiger partial charge in [-0.25, -0.2) is 8.78 Å². The van der Waals surface area contributed by atoms with Gasteiger partial charge in [0.1, 0.15) is 6.04 Å². The highest BCUT2D eigenvalue weighted by Gasteiger charge is 2.43. The molecule has 10 heteroatoms. The fourth-order valence-corrected chi connectivity index (χ4v) is 3.97. The highest BCUT2D eigenvalue weighted by molar-refractivity contribution is 5.88. The van der Waals surface area contributed by atoms with Crippen molar-refractivity contribution in [1.82, 2.24) is 10.2 Å². The van der Waals surface area contributed by atoms with Crippen LogP contribution in [-0.4, -0.2) is 60.7 Å². The number of rotatable bonds is 7. The van der Waals surface area contributed by atoms with Crippen molar-refractivity contribution in [1.29, 1.82) is 0 Å². The van der Waals surface area contributed by atoms with Crippen LogP contribution < -0.4 is 5.32 Å². The normalized spacial score (nSPS) is 22.9. The minimum Gasteiger partial charge on any atom is -0.376 e. The maximum atomic E-state index is 13.3. The van der Waals surface area contributed by atoms with Crippen molar-refractivity contribution in [2.75, 3.05) is 19.7 Å². The fraction of sp³-hybridized carbons (Fsp3) is 0.905. The van der Waals surface area contributed by atoms with Crippen molar-refractivity contribution in [2.24, 2.45) is 17.8 Å². The Morgan fingerprint density at radius 1 is 1.06 bits per heavy atom. The van der Waals surface area contributed by atoms with Crippen LogP contribution in [0, 0.1) is 17.8 Å². The van der Waals surface area contributed by atoms with Crippen LogP contribution >= 0.6 is 0 Å². The monoisotopic (exact) mass is 456 g/mol. The maximum absolute atomic E-state index is 13.3. The summed E-state index contributed by atoms with van der Waals surface area (Å²) in [5.41, 5.74) is 0. The molecule has 0 aromatic carbocycles. The number of hydrogen-bond acceptors (Lipinski definition) is 3. The molecule has 1 aliphatic heterocycles. The minimum atomic E-state index is -4.28. The van der Waals surface area contributed by atoms with E-state index in [2.05, 4.69) is 5.32 Å². The smallest absolute Gasteiger partial charge is 0.376 e. The number of ether oxygens (including phenoxy) is 1. The van der Waals surface area contributed by atoms with E-state index in [1.54, 1.807) is 20.8 Å². The number of piperidine rings is 1. The second kappa shape index (κ2) is 10.4. The van der Waals surface area contributed by atoms with E-state index in [-0.39, 0.29) is 63.1 Å². The first-order valence-corrected chi connectivity index (χ1v) is 11.0. The van der Waals surface area contributed by atoms with E-state index in [4.69, 9.17) is 4.74 Å². The van der Waals surface area contributed by atoms with Gasteiger partial charge < -0.3 is 15.0 Å². The van der Waals surface area contributed by atoms with Crippen LogP contribution in [-0.2, 0) is 14.3 Å². The maximum Gasteiger partial charge on any atom is 0.391 e. The zero-order chi connectivity index (χ0) is 23.4. The predicted octanol–water partition coefficient (Wildman–Crippen LogP) is 4.16. The second-order valence-electron chi connectivity index (χ2n) is 9.12. The molecule has 1 N–H and O–H groups in total. The van der Waals surface area contributed by atoms with Gasteiger partial charge in [-0.3, -0.25) is 9.59 Å². The zero-order valence-corrected chi connectivity index (χ0v) is 18.3. The van der Waals surface area contributed by atoms with Gasteiger partial charge in [0.15, 0.2) is 0 Å². The summed E-state index contributed by atoms with van der Waals surface area (Å²) in [5.74, 6) is -5.36. The van der Waals surface area contributed by atoms with Gasteiger partial charge in [0.05, 0.1) is 12.0 Å². The molecule has 1 saturated carbocycles. The Labute approximate surface area is 180 Å². The SMILES string of the molecule is CC(C)C(=O)NC(C(=O)N1CCC(C(F)(F)F)CC1)C(C)OCC1CCC(F)(F)CC1. The van der Waals surface area contributed by atoms with Crippen LogP contribution in [0.2, 0.25) is 0 Å². The van der Waals surface area contributed by atoms with E-state index in [9.17, 15) is 31.5 Å². The number of amides is 2. The molecule has 2 aliphatic rings. The van der Waals surface area contributed by atoms with Crippen LogP contribution in [0.15, 0.2) is 0 Å². The lowest BCUT2D eigenvalue weighted by molar-refractivity contribution is -0.187. The highest BCUT2D eigenvalue weighted by Crippen LogP contribution is 2.36. The topological polar surface area (TPSA) is 58.6 Å². The predicted molar refractivity (Wildman–Crippen MR) is 104 cm³/mol. The molecule has 1 heterocycles. The van der Waals surface area contributed by atoms with Gasteiger partial charge in [-0.05, 0) is 38.5 Å². The van der Waals surface area contributed by atoms with E-state index >= 15 is 0 Å². The van der Waals surface area contributed by atoms with Gasteiger partial charge in [0.25, 0.3) is 0 Å². The van der Waals surface area contributed by atoms with E-state index in [0.29, 0.717) is 12.8 Å². The molecule has 0 aromatic heterocycles. The molecule has 0 radical (unpaired) electrons. The van der Waals surface area contributed by atoms with Crippen LogP contribution in [0.3, 0.4) is 0 Å².